The van der Waals surface area contributed by atoms with E-state index < -0.39 is 10.0 Å². The van der Waals surface area contributed by atoms with Crippen LogP contribution in [0.15, 0.2) is 52.2 Å². The first-order valence-corrected chi connectivity index (χ1v) is 5.87. The zero-order valence-corrected chi connectivity index (χ0v) is 8.87. The fraction of sp³-hybridized carbons (Fsp3) is 0. The van der Waals surface area contributed by atoms with Gasteiger partial charge >= 0.3 is 0 Å². The second kappa shape index (κ2) is 4.07. The van der Waals surface area contributed by atoms with Crippen LogP contribution in [0.25, 0.3) is 11.1 Å². The highest BCUT2D eigenvalue weighted by molar-refractivity contribution is 7.89. The summed E-state index contributed by atoms with van der Waals surface area (Å²) in [4.78, 5) is 0.643. The van der Waals surface area contributed by atoms with E-state index in [-0.39, 0.29) is 4.90 Å². The van der Waals surface area contributed by atoms with E-state index in [4.69, 9.17) is 4.42 Å². The summed E-state index contributed by atoms with van der Waals surface area (Å²) >= 11 is 0. The van der Waals surface area contributed by atoms with Gasteiger partial charge in [0.2, 0.25) is 0 Å². The topological polar surface area (TPSA) is 59.3 Å². The van der Waals surface area contributed by atoms with E-state index in [2.05, 4.69) is 0 Å². The van der Waals surface area contributed by atoms with Gasteiger partial charge in [0, 0.05) is 5.56 Å². The molecule has 2 rings (SSSR count). The van der Waals surface area contributed by atoms with Crippen LogP contribution in [0.2, 0.25) is 0 Å². The number of halogens is 1. The minimum Gasteiger partial charge on any atom is -0.472 e. The van der Waals surface area contributed by atoms with Crippen LogP contribution in [-0.4, -0.2) is 8.42 Å². The van der Waals surface area contributed by atoms with E-state index in [0.29, 0.717) is 0 Å². The molecule has 0 unspecified atom stereocenters. The molecule has 2 aromatic rings. The van der Waals surface area contributed by atoms with Crippen LogP contribution in [0.1, 0.15) is 0 Å². The van der Waals surface area contributed by atoms with Gasteiger partial charge in [-0.15, -0.1) is 4.48 Å². The minimum absolute atomic E-state index is 0.123. The molecule has 0 bridgehead atoms. The van der Waals surface area contributed by atoms with Crippen molar-refractivity contribution in [1.29, 1.82) is 0 Å². The third-order valence-electron chi connectivity index (χ3n) is 2.12. The van der Waals surface area contributed by atoms with Crippen LogP contribution < -0.4 is 4.94 Å². The second-order valence-corrected chi connectivity index (χ2v) is 4.75. The van der Waals surface area contributed by atoms with E-state index >= 15 is 0 Å². The average molecular weight is 241 g/mol. The molecule has 84 valence electrons. The molecule has 1 N–H and O–H groups in total. The Morgan fingerprint density at radius 1 is 1.06 bits per heavy atom. The first-order valence-electron chi connectivity index (χ1n) is 4.38. The minimum atomic E-state index is -4.02. The van der Waals surface area contributed by atoms with Crippen molar-refractivity contribution in [3.63, 3.8) is 0 Å². The number of hydrogen-bond acceptors (Lipinski definition) is 3. The molecule has 0 spiro atoms. The fourth-order valence-corrected chi connectivity index (χ4v) is 1.88. The van der Waals surface area contributed by atoms with Gasteiger partial charge < -0.3 is 4.42 Å². The fourth-order valence-electron chi connectivity index (χ4n) is 1.30. The highest BCUT2D eigenvalue weighted by Gasteiger charge is 2.12. The number of nitrogens with one attached hydrogen (secondary N) is 1. The molecule has 0 atom stereocenters. The predicted molar refractivity (Wildman–Crippen MR) is 55.6 cm³/mol. The zero-order valence-electron chi connectivity index (χ0n) is 8.05. The van der Waals surface area contributed by atoms with E-state index in [9.17, 15) is 12.9 Å². The summed E-state index contributed by atoms with van der Waals surface area (Å²) in [5.74, 6) is 0. The highest BCUT2D eigenvalue weighted by atomic mass is 32.2. The lowest BCUT2D eigenvalue weighted by Gasteiger charge is -2.01. The Kier molecular flexibility index (Phi) is 2.76. The Hall–Kier alpha value is -1.66. The summed E-state index contributed by atoms with van der Waals surface area (Å²) in [6, 6.07) is 7.55. The van der Waals surface area contributed by atoms with Gasteiger partial charge in [0.15, 0.2) is 0 Å². The lowest BCUT2D eigenvalue weighted by atomic mass is 10.1. The van der Waals surface area contributed by atoms with E-state index in [0.717, 1.165) is 16.1 Å². The Morgan fingerprint density at radius 3 is 2.25 bits per heavy atom. The summed E-state index contributed by atoms with van der Waals surface area (Å²) in [6.45, 7) is 0. The first kappa shape index (κ1) is 10.8. The van der Waals surface area contributed by atoms with Crippen LogP contribution in [0, 0.1) is 0 Å². The molecular weight excluding hydrogens is 233 g/mol. The van der Waals surface area contributed by atoms with Gasteiger partial charge in [-0.1, -0.05) is 12.1 Å². The third kappa shape index (κ3) is 1.98. The van der Waals surface area contributed by atoms with Crippen molar-refractivity contribution >= 4 is 10.0 Å². The number of sulfonamides is 1. The summed E-state index contributed by atoms with van der Waals surface area (Å²) in [5.41, 5.74) is 1.63. The average Bonchev–Trinajstić information content (AvgIpc) is 2.83. The number of furan rings is 1. The van der Waals surface area contributed by atoms with Gasteiger partial charge in [0.25, 0.3) is 10.0 Å². The molecule has 4 nitrogen and oxygen atoms in total. The van der Waals surface area contributed by atoms with Gasteiger partial charge in [0.1, 0.15) is 0 Å². The molecule has 0 fully saturated rings. The van der Waals surface area contributed by atoms with E-state index in [1.54, 1.807) is 18.2 Å². The molecule has 0 radical (unpaired) electrons. The predicted octanol–water partition coefficient (Wildman–Crippen LogP) is 2.11. The van der Waals surface area contributed by atoms with Gasteiger partial charge in [-0.25, -0.2) is 8.42 Å². The summed E-state index contributed by atoms with van der Waals surface area (Å²) in [7, 11) is -4.02. The smallest absolute Gasteiger partial charge is 0.266 e. The van der Waals surface area contributed by atoms with Crippen molar-refractivity contribution in [2.45, 2.75) is 4.90 Å². The lowest BCUT2D eigenvalue weighted by molar-refractivity contribution is 0.425. The first-order chi connectivity index (χ1) is 7.63. The summed E-state index contributed by atoms with van der Waals surface area (Å²) < 4.78 is 39.1. The normalized spacial score (nSPS) is 11.6. The largest absolute Gasteiger partial charge is 0.472 e. The summed E-state index contributed by atoms with van der Waals surface area (Å²) in [5, 5.41) is 0. The number of hydrogen-bond donors (Lipinski definition) is 1. The van der Waals surface area contributed by atoms with Crippen molar-refractivity contribution in [2.75, 3.05) is 0 Å². The molecule has 0 saturated heterocycles. The van der Waals surface area contributed by atoms with Crippen LogP contribution >= 0.6 is 0 Å². The Morgan fingerprint density at radius 2 is 1.75 bits per heavy atom. The third-order valence-corrected chi connectivity index (χ3v) is 3.22. The van der Waals surface area contributed by atoms with Crippen LogP contribution in [-0.2, 0) is 10.0 Å². The van der Waals surface area contributed by atoms with Crippen molar-refractivity contribution in [3.8, 4) is 11.1 Å². The Labute approximate surface area is 91.7 Å². The van der Waals surface area contributed by atoms with Gasteiger partial charge in [-0.05, 0) is 28.7 Å². The van der Waals surface area contributed by atoms with Gasteiger partial charge in [-0.2, -0.15) is 0 Å². The molecule has 6 heteroatoms. The monoisotopic (exact) mass is 241 g/mol. The molecular formula is C10H8FNO3S. The summed E-state index contributed by atoms with van der Waals surface area (Å²) in [6.07, 6.45) is 3.06. The van der Waals surface area contributed by atoms with Crippen molar-refractivity contribution in [1.82, 2.24) is 4.94 Å². The lowest BCUT2D eigenvalue weighted by Crippen LogP contribution is -2.14. The van der Waals surface area contributed by atoms with Crippen LogP contribution in [0.4, 0.5) is 4.48 Å². The number of benzene rings is 1. The molecule has 1 heterocycles. The molecule has 0 amide bonds. The Bertz CT molecular complexity index is 561. The highest BCUT2D eigenvalue weighted by Crippen LogP contribution is 2.21. The zero-order chi connectivity index (χ0) is 11.6. The molecule has 1 aromatic heterocycles. The molecule has 0 saturated carbocycles. The van der Waals surface area contributed by atoms with E-state index in [1.807, 2.05) is 0 Å². The Balaban J connectivity index is 2.38. The maximum Gasteiger partial charge on any atom is 0.266 e. The SMILES string of the molecule is O=S(=O)(NF)c1ccc(-c2ccoc2)cc1. The van der Waals surface area contributed by atoms with Gasteiger partial charge in [0.05, 0.1) is 17.4 Å². The van der Waals surface area contributed by atoms with Crippen molar-refractivity contribution < 1.29 is 17.3 Å². The molecule has 0 aliphatic rings. The number of rotatable bonds is 3. The second-order valence-electron chi connectivity index (χ2n) is 3.12. The van der Waals surface area contributed by atoms with Crippen molar-refractivity contribution in [2.24, 2.45) is 0 Å². The maximum atomic E-state index is 12.0. The molecule has 0 aliphatic carbocycles. The standard InChI is InChI=1S/C10H8FNO3S/c11-12-16(13,14)10-3-1-8(2-4-10)9-5-6-15-7-9/h1-7,12H. The van der Waals surface area contributed by atoms with E-state index in [1.165, 1.54) is 24.7 Å². The van der Waals surface area contributed by atoms with Crippen LogP contribution in [0.5, 0.6) is 0 Å². The van der Waals surface area contributed by atoms with Gasteiger partial charge in [-0.3, -0.25) is 0 Å². The quantitative estimate of drug-likeness (QED) is 0.837. The maximum absolute atomic E-state index is 12.0. The van der Waals surface area contributed by atoms with Crippen molar-refractivity contribution in [3.05, 3.63) is 42.9 Å². The molecule has 0 aliphatic heterocycles. The van der Waals surface area contributed by atoms with Crippen LogP contribution in [0.3, 0.4) is 0 Å². The molecule has 1 aromatic carbocycles. The molecule has 16 heavy (non-hydrogen) atoms.